The Morgan fingerprint density at radius 2 is 1.94 bits per heavy atom. The molecule has 1 aliphatic rings. The monoisotopic (exact) mass is 229 g/mol. The number of nitrogens with zero attached hydrogens (tertiary/aromatic N) is 1. The molecule has 6 nitrogen and oxygen atoms in total. The molecule has 0 bridgehead atoms. The summed E-state index contributed by atoms with van der Waals surface area (Å²) < 4.78 is 4.32. The molecule has 1 amide bonds. The molecule has 90 valence electrons. The van der Waals surface area contributed by atoms with E-state index >= 15 is 0 Å². The first-order valence-electron chi connectivity index (χ1n) is 5.07. The molecule has 0 radical (unpaired) electrons. The maximum atomic E-state index is 11.6. The number of carboxylic acid groups (broad SMARTS) is 1. The minimum atomic E-state index is -1.30. The van der Waals surface area contributed by atoms with E-state index in [1.54, 1.807) is 0 Å². The van der Waals surface area contributed by atoms with Crippen molar-refractivity contribution in [3.63, 3.8) is 0 Å². The van der Waals surface area contributed by atoms with Crippen LogP contribution in [0.1, 0.15) is 26.2 Å². The number of likely N-dealkylation sites (tertiary alicyclic amines) is 1. The van der Waals surface area contributed by atoms with Gasteiger partial charge in [0.05, 0.1) is 7.11 Å². The van der Waals surface area contributed by atoms with Gasteiger partial charge in [-0.2, -0.15) is 0 Å². The zero-order valence-corrected chi connectivity index (χ0v) is 9.36. The van der Waals surface area contributed by atoms with E-state index in [1.165, 1.54) is 6.92 Å². The number of piperidine rings is 1. The second-order valence-corrected chi connectivity index (χ2v) is 3.98. The highest BCUT2D eigenvalue weighted by Crippen LogP contribution is 2.28. The number of methoxy groups -OCH3 is 1. The third-order valence-corrected chi connectivity index (χ3v) is 2.96. The topological polar surface area (TPSA) is 83.9 Å². The second-order valence-electron chi connectivity index (χ2n) is 3.98. The lowest BCUT2D eigenvalue weighted by Crippen LogP contribution is -2.59. The van der Waals surface area contributed by atoms with Crippen molar-refractivity contribution in [2.75, 3.05) is 13.7 Å². The second kappa shape index (κ2) is 4.51. The standard InChI is InChI=1S/C10H15NO5/c1-10(9(14)15)5-3-4-6-11(10)7(12)8(13)16-2/h3-6H2,1-2H3,(H,14,15)/t10-/m0/s1. The third-order valence-electron chi connectivity index (χ3n) is 2.96. The largest absolute Gasteiger partial charge is 0.480 e. The smallest absolute Gasteiger partial charge is 0.396 e. The average Bonchev–Trinajstić information content (AvgIpc) is 2.27. The summed E-state index contributed by atoms with van der Waals surface area (Å²) in [5, 5.41) is 9.13. The SMILES string of the molecule is COC(=O)C(=O)N1CCCC[C@@]1(C)C(=O)O. The summed E-state index contributed by atoms with van der Waals surface area (Å²) >= 11 is 0. The maximum Gasteiger partial charge on any atom is 0.396 e. The molecule has 1 rings (SSSR count). The van der Waals surface area contributed by atoms with Gasteiger partial charge in [-0.3, -0.25) is 4.79 Å². The van der Waals surface area contributed by atoms with E-state index in [0.717, 1.165) is 18.4 Å². The summed E-state index contributed by atoms with van der Waals surface area (Å²) in [6.07, 6.45) is 1.78. The quantitative estimate of drug-likeness (QED) is 0.506. The molecular formula is C10H15NO5. The van der Waals surface area contributed by atoms with Crippen molar-refractivity contribution in [1.82, 2.24) is 4.90 Å². The Bertz CT molecular complexity index is 327. The fourth-order valence-electron chi connectivity index (χ4n) is 1.87. The van der Waals surface area contributed by atoms with Crippen LogP contribution in [0.2, 0.25) is 0 Å². The van der Waals surface area contributed by atoms with Gasteiger partial charge < -0.3 is 14.7 Å². The molecule has 0 spiro atoms. The first kappa shape index (κ1) is 12.5. The van der Waals surface area contributed by atoms with Gasteiger partial charge in [0.2, 0.25) is 0 Å². The van der Waals surface area contributed by atoms with Gasteiger partial charge in [0.25, 0.3) is 0 Å². The zero-order valence-electron chi connectivity index (χ0n) is 9.36. The number of carboxylic acids is 1. The number of rotatable bonds is 1. The number of carbonyl (C=O) groups is 3. The van der Waals surface area contributed by atoms with E-state index in [4.69, 9.17) is 5.11 Å². The Kier molecular flexibility index (Phi) is 3.51. The van der Waals surface area contributed by atoms with Gasteiger partial charge in [0.15, 0.2) is 0 Å². The van der Waals surface area contributed by atoms with Crippen LogP contribution in [0.4, 0.5) is 0 Å². The van der Waals surface area contributed by atoms with Crippen molar-refractivity contribution in [2.24, 2.45) is 0 Å². The van der Waals surface area contributed by atoms with Crippen molar-refractivity contribution >= 4 is 17.8 Å². The first-order chi connectivity index (χ1) is 7.43. The molecule has 1 saturated heterocycles. The first-order valence-corrected chi connectivity index (χ1v) is 5.07. The summed E-state index contributed by atoms with van der Waals surface area (Å²) in [6.45, 7) is 1.73. The summed E-state index contributed by atoms with van der Waals surface area (Å²) in [5.41, 5.74) is -1.30. The molecule has 0 aromatic heterocycles. The minimum Gasteiger partial charge on any atom is -0.480 e. The molecule has 0 aliphatic carbocycles. The fourth-order valence-corrected chi connectivity index (χ4v) is 1.87. The third kappa shape index (κ3) is 2.00. The van der Waals surface area contributed by atoms with Gasteiger partial charge in [-0.1, -0.05) is 0 Å². The number of esters is 1. The van der Waals surface area contributed by atoms with Gasteiger partial charge in [-0.15, -0.1) is 0 Å². The summed E-state index contributed by atoms with van der Waals surface area (Å²) in [6, 6.07) is 0. The molecule has 0 aromatic carbocycles. The van der Waals surface area contributed by atoms with Crippen molar-refractivity contribution in [2.45, 2.75) is 31.7 Å². The van der Waals surface area contributed by atoms with Gasteiger partial charge in [0.1, 0.15) is 5.54 Å². The van der Waals surface area contributed by atoms with E-state index < -0.39 is 23.4 Å². The molecule has 1 atom stereocenters. The van der Waals surface area contributed by atoms with Crippen molar-refractivity contribution < 1.29 is 24.2 Å². The summed E-state index contributed by atoms with van der Waals surface area (Å²) in [4.78, 5) is 35.0. The van der Waals surface area contributed by atoms with Gasteiger partial charge in [0, 0.05) is 6.54 Å². The van der Waals surface area contributed by atoms with Crippen LogP contribution < -0.4 is 0 Å². The molecule has 1 aliphatic heterocycles. The van der Waals surface area contributed by atoms with Crippen LogP contribution in [-0.2, 0) is 19.1 Å². The zero-order chi connectivity index (χ0) is 12.3. The number of amides is 1. The van der Waals surface area contributed by atoms with E-state index in [-0.39, 0.29) is 6.54 Å². The highest BCUT2D eigenvalue weighted by atomic mass is 16.5. The lowest BCUT2D eigenvalue weighted by atomic mass is 9.88. The van der Waals surface area contributed by atoms with Crippen molar-refractivity contribution in [1.29, 1.82) is 0 Å². The Hall–Kier alpha value is -1.59. The number of hydrogen-bond donors (Lipinski definition) is 1. The Morgan fingerprint density at radius 1 is 1.31 bits per heavy atom. The normalized spacial score (nSPS) is 25.0. The summed E-state index contributed by atoms with van der Waals surface area (Å²) in [7, 11) is 1.10. The average molecular weight is 229 g/mol. The van der Waals surface area contributed by atoms with Crippen LogP contribution in [0.25, 0.3) is 0 Å². The lowest BCUT2D eigenvalue weighted by Gasteiger charge is -2.40. The van der Waals surface area contributed by atoms with Crippen LogP contribution in [-0.4, -0.2) is 47.0 Å². The maximum absolute atomic E-state index is 11.6. The van der Waals surface area contributed by atoms with E-state index in [9.17, 15) is 14.4 Å². The molecule has 0 aromatic rings. The number of aliphatic carboxylic acids is 1. The summed E-state index contributed by atoms with van der Waals surface area (Å²) in [5.74, 6) is -2.99. The molecule has 1 N–H and O–H groups in total. The Morgan fingerprint density at radius 3 is 2.44 bits per heavy atom. The molecule has 6 heteroatoms. The lowest BCUT2D eigenvalue weighted by molar-refractivity contribution is -0.169. The van der Waals surface area contributed by atoms with Crippen LogP contribution in [0.5, 0.6) is 0 Å². The van der Waals surface area contributed by atoms with Gasteiger partial charge >= 0.3 is 17.8 Å². The predicted molar refractivity (Wildman–Crippen MR) is 53.6 cm³/mol. The molecule has 1 heterocycles. The highest BCUT2D eigenvalue weighted by molar-refractivity contribution is 6.32. The molecule has 0 unspecified atom stereocenters. The fraction of sp³-hybridized carbons (Fsp3) is 0.700. The van der Waals surface area contributed by atoms with E-state index in [0.29, 0.717) is 12.8 Å². The van der Waals surface area contributed by atoms with Gasteiger partial charge in [-0.05, 0) is 26.2 Å². The Balaban J connectivity index is 2.95. The number of carbonyl (C=O) groups excluding carboxylic acids is 2. The Labute approximate surface area is 93.2 Å². The molecule has 16 heavy (non-hydrogen) atoms. The molecular weight excluding hydrogens is 214 g/mol. The molecule has 0 saturated carbocycles. The number of ether oxygens (including phenoxy) is 1. The van der Waals surface area contributed by atoms with Crippen LogP contribution in [0, 0.1) is 0 Å². The van der Waals surface area contributed by atoms with Gasteiger partial charge in [-0.25, -0.2) is 9.59 Å². The van der Waals surface area contributed by atoms with Crippen molar-refractivity contribution in [3.05, 3.63) is 0 Å². The predicted octanol–water partition coefficient (Wildman–Crippen LogP) is 0.0152. The van der Waals surface area contributed by atoms with Crippen molar-refractivity contribution in [3.8, 4) is 0 Å². The highest BCUT2D eigenvalue weighted by Gasteiger charge is 2.45. The molecule has 1 fully saturated rings. The minimum absolute atomic E-state index is 0.275. The van der Waals surface area contributed by atoms with Crippen LogP contribution in [0.3, 0.4) is 0 Å². The van der Waals surface area contributed by atoms with Crippen LogP contribution >= 0.6 is 0 Å². The number of hydrogen-bond acceptors (Lipinski definition) is 4. The van der Waals surface area contributed by atoms with Crippen LogP contribution in [0.15, 0.2) is 0 Å². The van der Waals surface area contributed by atoms with E-state index in [2.05, 4.69) is 4.74 Å². The van der Waals surface area contributed by atoms with E-state index in [1.807, 2.05) is 0 Å².